The van der Waals surface area contributed by atoms with Gasteiger partial charge in [-0.15, -0.1) is 0 Å². The van der Waals surface area contributed by atoms with Gasteiger partial charge in [0, 0.05) is 18.0 Å². The highest BCUT2D eigenvalue weighted by Crippen LogP contribution is 2.26. The minimum absolute atomic E-state index is 0.0191. The van der Waals surface area contributed by atoms with Crippen molar-refractivity contribution < 1.29 is 19.8 Å². The fourth-order valence-electron chi connectivity index (χ4n) is 2.09. The van der Waals surface area contributed by atoms with Crippen LogP contribution in [0.3, 0.4) is 0 Å². The number of likely N-dealkylation sites (tertiary alicyclic amines) is 1. The van der Waals surface area contributed by atoms with Crippen molar-refractivity contribution in [2.75, 3.05) is 6.54 Å². The molecule has 1 aliphatic rings. The number of aliphatic hydroxyl groups is 1. The molecule has 0 saturated carbocycles. The second-order valence-corrected chi connectivity index (χ2v) is 5.17. The van der Waals surface area contributed by atoms with Gasteiger partial charge in [-0.1, -0.05) is 23.2 Å². The van der Waals surface area contributed by atoms with Gasteiger partial charge in [-0.3, -0.25) is 4.79 Å². The average molecular weight is 304 g/mol. The largest absolute Gasteiger partial charge is 0.480 e. The summed E-state index contributed by atoms with van der Waals surface area (Å²) in [6.45, 7) is -0.0191. The lowest BCUT2D eigenvalue weighted by Crippen LogP contribution is -2.40. The summed E-state index contributed by atoms with van der Waals surface area (Å²) in [6.07, 6.45) is -0.817. The molecule has 1 heterocycles. The normalized spacial score (nSPS) is 22.6. The van der Waals surface area contributed by atoms with Gasteiger partial charge in [-0.05, 0) is 18.2 Å². The van der Waals surface area contributed by atoms with Crippen molar-refractivity contribution in [2.45, 2.75) is 18.6 Å². The Morgan fingerprint density at radius 3 is 2.58 bits per heavy atom. The Balaban J connectivity index is 2.30. The van der Waals surface area contributed by atoms with E-state index in [1.807, 2.05) is 0 Å². The lowest BCUT2D eigenvalue weighted by molar-refractivity contribution is -0.141. The van der Waals surface area contributed by atoms with Crippen LogP contribution in [0, 0.1) is 0 Å². The van der Waals surface area contributed by atoms with Crippen LogP contribution in [0.1, 0.15) is 16.8 Å². The smallest absolute Gasteiger partial charge is 0.326 e. The van der Waals surface area contributed by atoms with E-state index >= 15 is 0 Å². The highest BCUT2D eigenvalue weighted by molar-refractivity contribution is 6.36. The van der Waals surface area contributed by atoms with Gasteiger partial charge >= 0.3 is 5.97 Å². The van der Waals surface area contributed by atoms with Crippen molar-refractivity contribution in [3.63, 3.8) is 0 Å². The molecule has 0 radical (unpaired) electrons. The third-order valence-corrected chi connectivity index (χ3v) is 3.53. The molecular formula is C12H11Cl2NO4. The van der Waals surface area contributed by atoms with Crippen molar-refractivity contribution in [1.82, 2.24) is 4.90 Å². The third-order valence-electron chi connectivity index (χ3n) is 2.99. The minimum atomic E-state index is -1.14. The Morgan fingerprint density at radius 2 is 2.00 bits per heavy atom. The zero-order valence-corrected chi connectivity index (χ0v) is 11.2. The molecule has 0 aromatic heterocycles. The molecule has 0 spiro atoms. The maximum Gasteiger partial charge on any atom is 0.326 e. The molecule has 2 N–H and O–H groups in total. The second-order valence-electron chi connectivity index (χ2n) is 4.33. The summed E-state index contributed by atoms with van der Waals surface area (Å²) >= 11 is 11.7. The molecule has 102 valence electrons. The van der Waals surface area contributed by atoms with Crippen molar-refractivity contribution >= 4 is 35.1 Å². The summed E-state index contributed by atoms with van der Waals surface area (Å²) in [7, 11) is 0. The monoisotopic (exact) mass is 303 g/mol. The number of halogens is 2. The Bertz CT molecular complexity index is 534. The van der Waals surface area contributed by atoms with Gasteiger partial charge in [0.05, 0.1) is 16.7 Å². The quantitative estimate of drug-likeness (QED) is 0.871. The highest BCUT2D eigenvalue weighted by Gasteiger charge is 2.39. The van der Waals surface area contributed by atoms with E-state index in [1.165, 1.54) is 18.2 Å². The SMILES string of the molecule is O=C(O)[C@@H]1C[C@H](O)CN1C(=O)c1ccc(Cl)cc1Cl. The number of nitrogens with zero attached hydrogens (tertiary/aromatic N) is 1. The van der Waals surface area contributed by atoms with Crippen molar-refractivity contribution in [2.24, 2.45) is 0 Å². The molecule has 5 nitrogen and oxygen atoms in total. The predicted molar refractivity (Wildman–Crippen MR) is 69.5 cm³/mol. The molecule has 2 atom stereocenters. The zero-order valence-electron chi connectivity index (χ0n) is 9.72. The second kappa shape index (κ2) is 5.36. The number of carboxylic acids is 1. The number of hydrogen-bond donors (Lipinski definition) is 2. The standard InChI is InChI=1S/C12H11Cl2NO4/c13-6-1-2-8(9(14)3-6)11(17)15-5-7(16)4-10(15)12(18)19/h1-3,7,10,16H,4-5H2,(H,18,19)/t7-,10-/m0/s1. The number of amides is 1. The molecule has 1 aliphatic heterocycles. The van der Waals surface area contributed by atoms with Gasteiger partial charge in [0.15, 0.2) is 0 Å². The first-order valence-electron chi connectivity index (χ1n) is 5.57. The Kier molecular flexibility index (Phi) is 3.99. The number of β-amino-alcohol motifs (C(OH)–C–C–N with tert-alkyl or cyclic N) is 1. The van der Waals surface area contributed by atoms with Crippen LogP contribution in [0.15, 0.2) is 18.2 Å². The first-order valence-corrected chi connectivity index (χ1v) is 6.32. The van der Waals surface area contributed by atoms with Gasteiger partial charge in [-0.2, -0.15) is 0 Å². The fourth-order valence-corrected chi connectivity index (χ4v) is 2.58. The molecule has 19 heavy (non-hydrogen) atoms. The van der Waals surface area contributed by atoms with Crippen LogP contribution in [0.5, 0.6) is 0 Å². The Morgan fingerprint density at radius 1 is 1.32 bits per heavy atom. The van der Waals surface area contributed by atoms with E-state index in [2.05, 4.69) is 0 Å². The number of aliphatic carboxylic acids is 1. The van der Waals surface area contributed by atoms with Crippen molar-refractivity contribution in [3.05, 3.63) is 33.8 Å². The summed E-state index contributed by atoms with van der Waals surface area (Å²) in [6, 6.07) is 3.33. The van der Waals surface area contributed by atoms with Crippen LogP contribution in [0.4, 0.5) is 0 Å². The van der Waals surface area contributed by atoms with Gasteiger partial charge in [-0.25, -0.2) is 4.79 Å². The molecule has 0 aliphatic carbocycles. The van der Waals surface area contributed by atoms with E-state index in [4.69, 9.17) is 28.3 Å². The number of rotatable bonds is 2. The van der Waals surface area contributed by atoms with Gasteiger partial charge < -0.3 is 15.1 Å². The molecule has 7 heteroatoms. The molecule has 1 aromatic rings. The summed E-state index contributed by atoms with van der Waals surface area (Å²) in [5, 5.41) is 19.1. The zero-order chi connectivity index (χ0) is 14.2. The van der Waals surface area contributed by atoms with Crippen molar-refractivity contribution in [1.29, 1.82) is 0 Å². The van der Waals surface area contributed by atoms with Crippen LogP contribution in [0.2, 0.25) is 10.0 Å². The van der Waals surface area contributed by atoms with Crippen molar-refractivity contribution in [3.8, 4) is 0 Å². The van der Waals surface area contributed by atoms with Crippen LogP contribution >= 0.6 is 23.2 Å². The fraction of sp³-hybridized carbons (Fsp3) is 0.333. The number of hydrogen-bond acceptors (Lipinski definition) is 3. The molecule has 2 rings (SSSR count). The predicted octanol–water partition coefficient (Wildman–Crippen LogP) is 1.65. The third kappa shape index (κ3) is 2.83. The lowest BCUT2D eigenvalue weighted by Gasteiger charge is -2.21. The van der Waals surface area contributed by atoms with Gasteiger partial charge in [0.2, 0.25) is 0 Å². The van der Waals surface area contributed by atoms with E-state index in [0.717, 1.165) is 4.90 Å². The van der Waals surface area contributed by atoms with E-state index < -0.39 is 24.0 Å². The molecule has 1 amide bonds. The summed E-state index contributed by atoms with van der Waals surface area (Å²) in [5.41, 5.74) is 0.173. The molecule has 1 aromatic carbocycles. The van der Waals surface area contributed by atoms with E-state index in [0.29, 0.717) is 5.02 Å². The maximum absolute atomic E-state index is 12.3. The number of carbonyl (C=O) groups is 2. The molecule has 0 unspecified atom stereocenters. The Hall–Kier alpha value is -1.30. The van der Waals surface area contributed by atoms with Crippen LogP contribution in [-0.2, 0) is 4.79 Å². The lowest BCUT2D eigenvalue weighted by atomic mass is 10.1. The van der Waals surface area contributed by atoms with Gasteiger partial charge in [0.1, 0.15) is 6.04 Å². The average Bonchev–Trinajstić information content (AvgIpc) is 2.70. The van der Waals surface area contributed by atoms with Gasteiger partial charge in [0.25, 0.3) is 5.91 Å². The van der Waals surface area contributed by atoms with Crippen LogP contribution in [-0.4, -0.2) is 45.7 Å². The number of benzene rings is 1. The first-order chi connectivity index (χ1) is 8.90. The van der Waals surface area contributed by atoms with Crippen LogP contribution < -0.4 is 0 Å². The first kappa shape index (κ1) is 14.1. The minimum Gasteiger partial charge on any atom is -0.480 e. The van der Waals surface area contributed by atoms with Crippen LogP contribution in [0.25, 0.3) is 0 Å². The number of aliphatic hydroxyl groups excluding tert-OH is 1. The summed E-state index contributed by atoms with van der Waals surface area (Å²) in [5.74, 6) is -1.67. The van der Waals surface area contributed by atoms with E-state index in [-0.39, 0.29) is 23.6 Å². The maximum atomic E-state index is 12.3. The van der Waals surface area contributed by atoms with E-state index in [9.17, 15) is 14.7 Å². The number of carboxylic acid groups (broad SMARTS) is 1. The van der Waals surface area contributed by atoms with E-state index in [1.54, 1.807) is 0 Å². The topological polar surface area (TPSA) is 77.8 Å². The summed E-state index contributed by atoms with van der Waals surface area (Å²) < 4.78 is 0. The highest BCUT2D eigenvalue weighted by atomic mass is 35.5. The molecule has 1 fully saturated rings. The summed E-state index contributed by atoms with van der Waals surface area (Å²) in [4.78, 5) is 24.4. The molecular weight excluding hydrogens is 293 g/mol. The molecule has 1 saturated heterocycles. The Labute approximate surface area is 119 Å². The molecule has 0 bridgehead atoms. The number of carbonyl (C=O) groups excluding carboxylic acids is 1.